The van der Waals surface area contributed by atoms with Crippen LogP contribution in [0.5, 0.6) is 0 Å². The fourth-order valence-electron chi connectivity index (χ4n) is 0.724. The van der Waals surface area contributed by atoms with Crippen LogP contribution in [0.2, 0.25) is 0 Å². The molecule has 0 unspecified atom stereocenters. The third-order valence-corrected chi connectivity index (χ3v) is 2.08. The lowest BCUT2D eigenvalue weighted by molar-refractivity contribution is 0.443. The number of hydrogen-bond acceptors (Lipinski definition) is 4. The van der Waals surface area contributed by atoms with Gasteiger partial charge in [-0.25, -0.2) is 0 Å². The Hall–Kier alpha value is -0.770. The molecule has 12 heavy (non-hydrogen) atoms. The third kappa shape index (κ3) is 3.09. The number of hydrogen-bond donors (Lipinski definition) is 2. The van der Waals surface area contributed by atoms with Crippen LogP contribution in [0.4, 0.5) is 10.8 Å². The van der Waals surface area contributed by atoms with Crippen molar-refractivity contribution in [3.05, 3.63) is 6.07 Å². The average Bonchev–Trinajstić information content (AvgIpc) is 2.30. The van der Waals surface area contributed by atoms with Crippen molar-refractivity contribution in [1.82, 2.24) is 4.37 Å². The van der Waals surface area contributed by atoms with E-state index < -0.39 is 0 Å². The van der Waals surface area contributed by atoms with Gasteiger partial charge >= 0.3 is 0 Å². The number of nitrogens with zero attached hydrogens (tertiary/aromatic N) is 1. The Morgan fingerprint density at radius 3 is 2.67 bits per heavy atom. The minimum Gasteiger partial charge on any atom is -0.383 e. The van der Waals surface area contributed by atoms with Gasteiger partial charge in [-0.3, -0.25) is 0 Å². The smallest absolute Gasteiger partial charge is 0.139 e. The number of rotatable bonds is 2. The first-order valence-electron chi connectivity index (χ1n) is 3.93. The lowest BCUT2D eigenvalue weighted by Crippen LogP contribution is -2.18. The first kappa shape index (κ1) is 9.32. The first-order chi connectivity index (χ1) is 5.47. The van der Waals surface area contributed by atoms with E-state index in [9.17, 15) is 0 Å². The van der Waals surface area contributed by atoms with Crippen LogP contribution in [-0.4, -0.2) is 10.9 Å². The van der Waals surface area contributed by atoms with Gasteiger partial charge in [0.2, 0.25) is 0 Å². The average molecular weight is 185 g/mol. The van der Waals surface area contributed by atoms with Gasteiger partial charge in [-0.15, -0.1) is 0 Å². The molecule has 0 aliphatic carbocycles. The summed E-state index contributed by atoms with van der Waals surface area (Å²) in [6.07, 6.45) is 0. The summed E-state index contributed by atoms with van der Waals surface area (Å²) < 4.78 is 3.97. The predicted octanol–water partition coefficient (Wildman–Crippen LogP) is 2.18. The molecule has 4 heteroatoms. The van der Waals surface area contributed by atoms with Crippen LogP contribution < -0.4 is 11.1 Å². The molecule has 1 aromatic heterocycles. The van der Waals surface area contributed by atoms with E-state index in [4.69, 9.17) is 5.73 Å². The summed E-state index contributed by atoms with van der Waals surface area (Å²) in [7, 11) is 0. The highest BCUT2D eigenvalue weighted by molar-refractivity contribution is 7.10. The molecule has 0 radical (unpaired) electrons. The largest absolute Gasteiger partial charge is 0.383 e. The highest BCUT2D eigenvalue weighted by atomic mass is 32.1. The van der Waals surface area contributed by atoms with Gasteiger partial charge in [0.1, 0.15) is 10.8 Å². The molecule has 0 aromatic carbocycles. The lowest BCUT2D eigenvalue weighted by atomic mass is 9.97. The SMILES string of the molecule is CC(C)(C)CNc1cc(N)ns1. The monoisotopic (exact) mass is 185 g/mol. The molecule has 0 amide bonds. The quantitative estimate of drug-likeness (QED) is 0.742. The molecule has 0 saturated carbocycles. The Kier molecular flexibility index (Phi) is 2.57. The molecule has 1 heterocycles. The zero-order valence-electron chi connectivity index (χ0n) is 7.72. The fraction of sp³-hybridized carbons (Fsp3) is 0.625. The second-order valence-corrected chi connectivity index (χ2v) is 4.84. The van der Waals surface area contributed by atoms with Gasteiger partial charge in [0.25, 0.3) is 0 Å². The molecule has 0 aliphatic rings. The molecule has 1 rings (SSSR count). The third-order valence-electron chi connectivity index (χ3n) is 1.32. The van der Waals surface area contributed by atoms with Crippen molar-refractivity contribution in [2.45, 2.75) is 20.8 Å². The number of nitrogen functional groups attached to an aromatic ring is 1. The lowest BCUT2D eigenvalue weighted by Gasteiger charge is -2.18. The molecule has 0 aliphatic heterocycles. The first-order valence-corrected chi connectivity index (χ1v) is 4.71. The van der Waals surface area contributed by atoms with Crippen LogP contribution in [0, 0.1) is 5.41 Å². The summed E-state index contributed by atoms with van der Waals surface area (Å²) in [6, 6.07) is 1.86. The van der Waals surface area contributed by atoms with Gasteiger partial charge in [-0.05, 0) is 16.9 Å². The van der Waals surface area contributed by atoms with Gasteiger partial charge in [0.05, 0.1) is 0 Å². The van der Waals surface area contributed by atoms with E-state index in [0.29, 0.717) is 11.2 Å². The zero-order chi connectivity index (χ0) is 9.19. The molecule has 0 fully saturated rings. The van der Waals surface area contributed by atoms with Crippen molar-refractivity contribution in [2.24, 2.45) is 5.41 Å². The molecular formula is C8H15N3S. The van der Waals surface area contributed by atoms with Crippen molar-refractivity contribution in [2.75, 3.05) is 17.6 Å². The van der Waals surface area contributed by atoms with Gasteiger partial charge in [-0.1, -0.05) is 20.8 Å². The summed E-state index contributed by atoms with van der Waals surface area (Å²) in [4.78, 5) is 0. The maximum absolute atomic E-state index is 5.48. The van der Waals surface area contributed by atoms with Crippen LogP contribution >= 0.6 is 11.5 Å². The highest BCUT2D eigenvalue weighted by Crippen LogP contribution is 2.20. The highest BCUT2D eigenvalue weighted by Gasteiger charge is 2.09. The predicted molar refractivity (Wildman–Crippen MR) is 54.5 cm³/mol. The number of nitrogens with one attached hydrogen (secondary N) is 1. The zero-order valence-corrected chi connectivity index (χ0v) is 8.53. The van der Waals surface area contributed by atoms with E-state index in [1.807, 2.05) is 6.07 Å². The van der Waals surface area contributed by atoms with E-state index in [1.165, 1.54) is 11.5 Å². The van der Waals surface area contributed by atoms with E-state index in [-0.39, 0.29) is 0 Å². The Morgan fingerprint density at radius 1 is 1.58 bits per heavy atom. The molecule has 3 nitrogen and oxygen atoms in total. The number of aromatic nitrogens is 1. The standard InChI is InChI=1S/C8H15N3S/c1-8(2,3)5-10-7-4-6(9)11-12-7/h4,10H,5H2,1-3H3,(H2,9,11). The maximum Gasteiger partial charge on any atom is 0.139 e. The molecule has 1 aromatic rings. The van der Waals surface area contributed by atoms with E-state index >= 15 is 0 Å². The van der Waals surface area contributed by atoms with Crippen LogP contribution in [0.1, 0.15) is 20.8 Å². The minimum atomic E-state index is 0.290. The summed E-state index contributed by atoms with van der Waals surface area (Å²) in [5, 5.41) is 4.33. The van der Waals surface area contributed by atoms with Crippen molar-refractivity contribution in [3.63, 3.8) is 0 Å². The fourth-order valence-corrected chi connectivity index (χ4v) is 1.29. The second kappa shape index (κ2) is 3.31. The number of anilines is 2. The Bertz CT molecular complexity index is 249. The normalized spacial score (nSPS) is 11.6. The summed E-state index contributed by atoms with van der Waals surface area (Å²) in [5.74, 6) is 0.594. The molecule has 0 atom stereocenters. The van der Waals surface area contributed by atoms with Gasteiger partial charge < -0.3 is 11.1 Å². The number of nitrogens with two attached hydrogens (primary N) is 1. The van der Waals surface area contributed by atoms with Crippen molar-refractivity contribution < 1.29 is 0 Å². The van der Waals surface area contributed by atoms with Gasteiger partial charge in [0.15, 0.2) is 0 Å². The Balaban J connectivity index is 2.44. The van der Waals surface area contributed by atoms with E-state index in [2.05, 4.69) is 30.5 Å². The molecule has 68 valence electrons. The maximum atomic E-state index is 5.48. The Labute approximate surface area is 77.1 Å². The van der Waals surface area contributed by atoms with E-state index in [0.717, 1.165) is 11.5 Å². The second-order valence-electron chi connectivity index (χ2n) is 4.03. The van der Waals surface area contributed by atoms with Crippen molar-refractivity contribution in [1.29, 1.82) is 0 Å². The van der Waals surface area contributed by atoms with Crippen LogP contribution in [0.3, 0.4) is 0 Å². The summed E-state index contributed by atoms with van der Waals surface area (Å²) in [6.45, 7) is 7.49. The molecule has 3 N–H and O–H groups in total. The minimum absolute atomic E-state index is 0.290. The Morgan fingerprint density at radius 2 is 2.25 bits per heavy atom. The molecular weight excluding hydrogens is 170 g/mol. The van der Waals surface area contributed by atoms with Crippen LogP contribution in [0.25, 0.3) is 0 Å². The van der Waals surface area contributed by atoms with Crippen molar-refractivity contribution >= 4 is 22.4 Å². The van der Waals surface area contributed by atoms with Gasteiger partial charge in [-0.2, -0.15) is 4.37 Å². The topological polar surface area (TPSA) is 50.9 Å². The molecule has 0 saturated heterocycles. The van der Waals surface area contributed by atoms with Gasteiger partial charge in [0, 0.05) is 12.6 Å². The molecule has 0 spiro atoms. The van der Waals surface area contributed by atoms with Crippen molar-refractivity contribution in [3.8, 4) is 0 Å². The molecule has 0 bridgehead atoms. The summed E-state index contributed by atoms with van der Waals surface area (Å²) in [5.41, 5.74) is 5.77. The van der Waals surface area contributed by atoms with Crippen LogP contribution in [0.15, 0.2) is 6.07 Å². The van der Waals surface area contributed by atoms with Crippen LogP contribution in [-0.2, 0) is 0 Å². The summed E-state index contributed by atoms with van der Waals surface area (Å²) >= 11 is 1.40. The van der Waals surface area contributed by atoms with E-state index in [1.54, 1.807) is 0 Å².